The summed E-state index contributed by atoms with van der Waals surface area (Å²) < 4.78 is 41.3. The number of fused-ring (bicyclic) bond motifs is 1. The Balaban J connectivity index is 1.70. The largest absolute Gasteiger partial charge is 0.486 e. The zero-order valence-electron chi connectivity index (χ0n) is 14.1. The molecule has 1 atom stereocenters. The first-order chi connectivity index (χ1) is 12.0. The molecule has 0 saturated carbocycles. The maximum atomic E-state index is 12.3. The number of allylic oxidation sites excluding steroid dienone is 1. The molecule has 0 N–H and O–H groups in total. The fraction of sp³-hybridized carbons (Fsp3) is 0.263. The van der Waals surface area contributed by atoms with Crippen LogP contribution in [-0.2, 0) is 14.3 Å². The van der Waals surface area contributed by atoms with Crippen molar-refractivity contribution < 1.29 is 22.1 Å². The number of ether oxygens (including phenoxy) is 2. The van der Waals surface area contributed by atoms with Crippen molar-refractivity contribution in [3.05, 3.63) is 59.7 Å². The van der Waals surface area contributed by atoms with Crippen LogP contribution in [0.2, 0.25) is 0 Å². The molecular formula is C19H20O5S. The molecule has 0 saturated heterocycles. The zero-order valence-corrected chi connectivity index (χ0v) is 15.0. The topological polar surface area (TPSA) is 61.8 Å². The Morgan fingerprint density at radius 1 is 1.20 bits per heavy atom. The summed E-state index contributed by atoms with van der Waals surface area (Å²) in [5.41, 5.74) is 1.86. The highest BCUT2D eigenvalue weighted by molar-refractivity contribution is 7.86. The summed E-state index contributed by atoms with van der Waals surface area (Å²) >= 11 is 0. The van der Waals surface area contributed by atoms with E-state index in [9.17, 15) is 8.42 Å². The molecule has 2 aromatic rings. The van der Waals surface area contributed by atoms with Gasteiger partial charge in [0.25, 0.3) is 10.1 Å². The molecule has 0 aliphatic carbocycles. The molecule has 0 amide bonds. The molecule has 0 radical (unpaired) electrons. The van der Waals surface area contributed by atoms with Gasteiger partial charge in [0, 0.05) is 5.56 Å². The predicted molar refractivity (Wildman–Crippen MR) is 95.4 cm³/mol. The minimum Gasteiger partial charge on any atom is -0.486 e. The molecule has 1 unspecified atom stereocenters. The summed E-state index contributed by atoms with van der Waals surface area (Å²) in [5, 5.41) is 0. The van der Waals surface area contributed by atoms with Gasteiger partial charge in [0.15, 0.2) is 17.6 Å². The standard InChI is InChI=1S/C19H20O5S/c1-3-5-15-6-4-7-18-19(15)24-16(12-22-18)13-23-25(20,21)17-10-8-14(2)9-11-17/h3-11,16H,12-13H2,1-2H3/b5-3+. The first-order valence-corrected chi connectivity index (χ1v) is 9.41. The third-order valence-electron chi connectivity index (χ3n) is 3.78. The lowest BCUT2D eigenvalue weighted by Crippen LogP contribution is -2.34. The van der Waals surface area contributed by atoms with Crippen molar-refractivity contribution in [1.29, 1.82) is 0 Å². The van der Waals surface area contributed by atoms with Gasteiger partial charge in [-0.3, -0.25) is 4.18 Å². The fourth-order valence-corrected chi connectivity index (χ4v) is 3.42. The van der Waals surface area contributed by atoms with Crippen molar-refractivity contribution in [2.24, 2.45) is 0 Å². The second-order valence-electron chi connectivity index (χ2n) is 5.78. The molecule has 0 fully saturated rings. The number of hydrogen-bond acceptors (Lipinski definition) is 5. The van der Waals surface area contributed by atoms with E-state index in [1.807, 2.05) is 44.2 Å². The molecule has 132 valence electrons. The lowest BCUT2D eigenvalue weighted by atomic mass is 10.1. The summed E-state index contributed by atoms with van der Waals surface area (Å²) in [6.45, 7) is 3.93. The summed E-state index contributed by atoms with van der Waals surface area (Å²) in [6, 6.07) is 12.1. The normalized spacial score (nSPS) is 17.0. The molecule has 25 heavy (non-hydrogen) atoms. The molecule has 6 heteroatoms. The summed E-state index contributed by atoms with van der Waals surface area (Å²) in [6.07, 6.45) is 3.31. The van der Waals surface area contributed by atoms with Crippen molar-refractivity contribution in [3.63, 3.8) is 0 Å². The van der Waals surface area contributed by atoms with Gasteiger partial charge in [-0.2, -0.15) is 8.42 Å². The van der Waals surface area contributed by atoms with Crippen LogP contribution in [0.3, 0.4) is 0 Å². The first kappa shape index (κ1) is 17.5. The van der Waals surface area contributed by atoms with E-state index in [-0.39, 0.29) is 18.1 Å². The Bertz CT molecular complexity index is 869. The number of hydrogen-bond donors (Lipinski definition) is 0. The third kappa shape index (κ3) is 4.03. The SMILES string of the molecule is C/C=C/c1cccc2c1OC(COS(=O)(=O)c1ccc(C)cc1)CO2. The third-order valence-corrected chi connectivity index (χ3v) is 5.08. The van der Waals surface area contributed by atoms with Crippen LogP contribution in [-0.4, -0.2) is 27.7 Å². The van der Waals surface area contributed by atoms with Crippen LogP contribution < -0.4 is 9.47 Å². The van der Waals surface area contributed by atoms with Crippen LogP contribution in [0.4, 0.5) is 0 Å². The van der Waals surface area contributed by atoms with E-state index < -0.39 is 16.2 Å². The maximum absolute atomic E-state index is 12.3. The lowest BCUT2D eigenvalue weighted by Gasteiger charge is -2.27. The fourth-order valence-electron chi connectivity index (χ4n) is 2.49. The van der Waals surface area contributed by atoms with Gasteiger partial charge in [0.2, 0.25) is 0 Å². The molecule has 1 aliphatic rings. The first-order valence-electron chi connectivity index (χ1n) is 8.01. The maximum Gasteiger partial charge on any atom is 0.297 e. The van der Waals surface area contributed by atoms with Crippen molar-refractivity contribution in [1.82, 2.24) is 0 Å². The molecule has 1 heterocycles. The molecule has 5 nitrogen and oxygen atoms in total. The van der Waals surface area contributed by atoms with Gasteiger partial charge in [-0.15, -0.1) is 0 Å². The highest BCUT2D eigenvalue weighted by atomic mass is 32.2. The van der Waals surface area contributed by atoms with Crippen LogP contribution >= 0.6 is 0 Å². The van der Waals surface area contributed by atoms with Gasteiger partial charge in [-0.05, 0) is 32.0 Å². The van der Waals surface area contributed by atoms with Crippen LogP contribution in [0.25, 0.3) is 6.08 Å². The van der Waals surface area contributed by atoms with Crippen molar-refractivity contribution in [2.45, 2.75) is 24.8 Å². The Labute approximate surface area is 148 Å². The van der Waals surface area contributed by atoms with E-state index in [4.69, 9.17) is 13.7 Å². The van der Waals surface area contributed by atoms with Crippen molar-refractivity contribution in [3.8, 4) is 11.5 Å². The Morgan fingerprint density at radius 2 is 1.96 bits per heavy atom. The number of aryl methyl sites for hydroxylation is 1. The van der Waals surface area contributed by atoms with Gasteiger partial charge in [0.05, 0.1) is 4.90 Å². The average Bonchev–Trinajstić information content (AvgIpc) is 2.61. The smallest absolute Gasteiger partial charge is 0.297 e. The van der Waals surface area contributed by atoms with Crippen LogP contribution in [0, 0.1) is 6.92 Å². The zero-order chi connectivity index (χ0) is 17.9. The molecule has 3 rings (SSSR count). The Hall–Kier alpha value is -2.31. The van der Waals surface area contributed by atoms with Crippen LogP contribution in [0.15, 0.2) is 53.4 Å². The number of para-hydroxylation sites is 1. The molecule has 0 bridgehead atoms. The van der Waals surface area contributed by atoms with E-state index in [0.717, 1.165) is 11.1 Å². The molecule has 1 aliphatic heterocycles. The van der Waals surface area contributed by atoms with Gasteiger partial charge < -0.3 is 9.47 Å². The van der Waals surface area contributed by atoms with Crippen molar-refractivity contribution >= 4 is 16.2 Å². The minimum atomic E-state index is -3.82. The second kappa shape index (κ2) is 7.29. The monoisotopic (exact) mass is 360 g/mol. The second-order valence-corrected chi connectivity index (χ2v) is 7.39. The Morgan fingerprint density at radius 3 is 2.68 bits per heavy atom. The minimum absolute atomic E-state index is 0.111. The van der Waals surface area contributed by atoms with Gasteiger partial charge >= 0.3 is 0 Å². The quantitative estimate of drug-likeness (QED) is 0.763. The molecular weight excluding hydrogens is 340 g/mol. The molecule has 0 aromatic heterocycles. The van der Waals surface area contributed by atoms with Crippen molar-refractivity contribution in [2.75, 3.05) is 13.2 Å². The highest BCUT2D eigenvalue weighted by Gasteiger charge is 2.26. The van der Waals surface area contributed by atoms with E-state index in [2.05, 4.69) is 0 Å². The molecule has 0 spiro atoms. The van der Waals surface area contributed by atoms with E-state index in [1.54, 1.807) is 12.1 Å². The van der Waals surface area contributed by atoms with E-state index in [1.165, 1.54) is 12.1 Å². The average molecular weight is 360 g/mol. The summed E-state index contributed by atoms with van der Waals surface area (Å²) in [7, 11) is -3.82. The van der Waals surface area contributed by atoms with Gasteiger partial charge in [0.1, 0.15) is 13.2 Å². The summed E-state index contributed by atoms with van der Waals surface area (Å²) in [4.78, 5) is 0.129. The van der Waals surface area contributed by atoms with E-state index in [0.29, 0.717) is 11.5 Å². The number of benzene rings is 2. The lowest BCUT2D eigenvalue weighted by molar-refractivity contribution is 0.0553. The predicted octanol–water partition coefficient (Wildman–Crippen LogP) is 3.57. The Kier molecular flexibility index (Phi) is 5.11. The van der Waals surface area contributed by atoms with E-state index >= 15 is 0 Å². The van der Waals surface area contributed by atoms with Crippen LogP contribution in [0.1, 0.15) is 18.1 Å². The summed E-state index contributed by atoms with van der Waals surface area (Å²) in [5.74, 6) is 1.25. The van der Waals surface area contributed by atoms with Crippen LogP contribution in [0.5, 0.6) is 11.5 Å². The van der Waals surface area contributed by atoms with Gasteiger partial charge in [-0.1, -0.05) is 42.0 Å². The number of rotatable bonds is 5. The highest BCUT2D eigenvalue weighted by Crippen LogP contribution is 2.36. The van der Waals surface area contributed by atoms with Gasteiger partial charge in [-0.25, -0.2) is 0 Å². The molecule has 2 aromatic carbocycles.